The molecule has 6 nitrogen and oxygen atoms in total. The Balaban J connectivity index is 1.69. The fraction of sp³-hybridized carbons (Fsp3) is 0.321. The van der Waals surface area contributed by atoms with Crippen molar-refractivity contribution in [2.24, 2.45) is 0 Å². The minimum absolute atomic E-state index is 0.158. The zero-order valence-electron chi connectivity index (χ0n) is 20.9. The highest BCUT2D eigenvalue weighted by molar-refractivity contribution is 7.92. The molecule has 35 heavy (non-hydrogen) atoms. The second-order valence-corrected chi connectivity index (χ2v) is 10.6. The fourth-order valence-electron chi connectivity index (χ4n) is 3.87. The SMILES string of the molecule is CCOc1ccc(CCCNC(=O)CN(c2cc(C)cc(C)c2)S(=O)(=O)c2ccc(C)cc2)cc1. The van der Waals surface area contributed by atoms with Crippen molar-refractivity contribution < 1.29 is 17.9 Å². The quantitative estimate of drug-likeness (QED) is 0.383. The Morgan fingerprint density at radius 3 is 2.11 bits per heavy atom. The molecular formula is C28H34N2O4S. The number of rotatable bonds is 11. The summed E-state index contributed by atoms with van der Waals surface area (Å²) >= 11 is 0. The molecule has 0 heterocycles. The van der Waals surface area contributed by atoms with Crippen molar-refractivity contribution >= 4 is 21.6 Å². The van der Waals surface area contributed by atoms with Gasteiger partial charge in [-0.25, -0.2) is 8.42 Å². The molecule has 0 aromatic heterocycles. The lowest BCUT2D eigenvalue weighted by Crippen LogP contribution is -2.41. The Morgan fingerprint density at radius 1 is 0.886 bits per heavy atom. The molecule has 186 valence electrons. The number of amides is 1. The number of carbonyl (C=O) groups excluding carboxylic acids is 1. The van der Waals surface area contributed by atoms with E-state index in [1.807, 2.05) is 58.0 Å². The van der Waals surface area contributed by atoms with E-state index in [-0.39, 0.29) is 17.3 Å². The van der Waals surface area contributed by atoms with Crippen LogP contribution in [0, 0.1) is 20.8 Å². The third-order valence-electron chi connectivity index (χ3n) is 5.59. The van der Waals surface area contributed by atoms with Crippen LogP contribution in [0.1, 0.15) is 35.6 Å². The minimum Gasteiger partial charge on any atom is -0.494 e. The monoisotopic (exact) mass is 494 g/mol. The number of hydrogen-bond acceptors (Lipinski definition) is 4. The molecule has 0 aliphatic carbocycles. The predicted octanol–water partition coefficient (Wildman–Crippen LogP) is 4.95. The molecule has 0 atom stereocenters. The largest absolute Gasteiger partial charge is 0.494 e. The van der Waals surface area contributed by atoms with Crippen molar-refractivity contribution in [3.63, 3.8) is 0 Å². The first-order chi connectivity index (χ1) is 16.7. The van der Waals surface area contributed by atoms with Gasteiger partial charge in [-0.1, -0.05) is 35.9 Å². The Hall–Kier alpha value is -3.32. The van der Waals surface area contributed by atoms with Gasteiger partial charge >= 0.3 is 0 Å². The number of aryl methyl sites for hydroxylation is 4. The molecule has 0 radical (unpaired) electrons. The second-order valence-electron chi connectivity index (χ2n) is 8.70. The van der Waals surface area contributed by atoms with Crippen molar-refractivity contribution in [3.05, 3.63) is 89.0 Å². The van der Waals surface area contributed by atoms with Gasteiger partial charge in [0.2, 0.25) is 5.91 Å². The highest BCUT2D eigenvalue weighted by Gasteiger charge is 2.27. The molecule has 1 N–H and O–H groups in total. The predicted molar refractivity (Wildman–Crippen MR) is 141 cm³/mol. The number of nitrogens with one attached hydrogen (secondary N) is 1. The zero-order valence-corrected chi connectivity index (χ0v) is 21.7. The molecule has 3 aromatic rings. The number of anilines is 1. The van der Waals surface area contributed by atoms with E-state index in [4.69, 9.17) is 4.74 Å². The topological polar surface area (TPSA) is 75.7 Å². The summed E-state index contributed by atoms with van der Waals surface area (Å²) in [7, 11) is -3.92. The van der Waals surface area contributed by atoms with E-state index >= 15 is 0 Å². The van der Waals surface area contributed by atoms with Gasteiger partial charge in [0.25, 0.3) is 10.0 Å². The first kappa shape index (κ1) is 26.3. The first-order valence-electron chi connectivity index (χ1n) is 11.8. The molecule has 3 aromatic carbocycles. The van der Waals surface area contributed by atoms with Gasteiger partial charge < -0.3 is 10.1 Å². The Labute approximate surface area is 209 Å². The summed E-state index contributed by atoms with van der Waals surface area (Å²) in [5.41, 5.74) is 4.46. The maximum absolute atomic E-state index is 13.5. The molecular weight excluding hydrogens is 460 g/mol. The molecule has 0 aliphatic rings. The van der Waals surface area contributed by atoms with Gasteiger partial charge in [0, 0.05) is 6.54 Å². The van der Waals surface area contributed by atoms with Crippen LogP contribution in [-0.2, 0) is 21.2 Å². The van der Waals surface area contributed by atoms with E-state index in [0.29, 0.717) is 18.8 Å². The molecule has 0 saturated carbocycles. The van der Waals surface area contributed by atoms with Gasteiger partial charge in [0.1, 0.15) is 12.3 Å². The molecule has 3 rings (SSSR count). The van der Waals surface area contributed by atoms with Crippen LogP contribution < -0.4 is 14.4 Å². The summed E-state index contributed by atoms with van der Waals surface area (Å²) in [6, 6.07) is 20.1. The Bertz CT molecular complexity index is 1220. The lowest BCUT2D eigenvalue weighted by atomic mass is 10.1. The van der Waals surface area contributed by atoms with Crippen LogP contribution in [-0.4, -0.2) is 34.0 Å². The molecule has 1 amide bonds. The summed E-state index contributed by atoms with van der Waals surface area (Å²) < 4.78 is 33.7. The summed E-state index contributed by atoms with van der Waals surface area (Å²) in [4.78, 5) is 13.0. The minimum atomic E-state index is -3.92. The summed E-state index contributed by atoms with van der Waals surface area (Å²) in [5, 5.41) is 2.88. The molecule has 7 heteroatoms. The summed E-state index contributed by atoms with van der Waals surface area (Å²) in [6.07, 6.45) is 1.54. The number of benzene rings is 3. The zero-order chi connectivity index (χ0) is 25.4. The van der Waals surface area contributed by atoms with Crippen LogP contribution in [0.3, 0.4) is 0 Å². The molecule has 0 aliphatic heterocycles. The fourth-order valence-corrected chi connectivity index (χ4v) is 5.28. The maximum atomic E-state index is 13.5. The normalized spacial score (nSPS) is 11.2. The average Bonchev–Trinajstić information content (AvgIpc) is 2.81. The van der Waals surface area contributed by atoms with E-state index in [0.717, 1.165) is 40.8 Å². The lowest BCUT2D eigenvalue weighted by molar-refractivity contribution is -0.119. The van der Waals surface area contributed by atoms with E-state index in [1.165, 1.54) is 4.31 Å². The van der Waals surface area contributed by atoms with Gasteiger partial charge in [-0.05, 0) is 93.6 Å². The van der Waals surface area contributed by atoms with Crippen molar-refractivity contribution in [2.45, 2.75) is 45.4 Å². The number of nitrogens with zero attached hydrogens (tertiary/aromatic N) is 1. The smallest absolute Gasteiger partial charge is 0.264 e. The number of sulfonamides is 1. The van der Waals surface area contributed by atoms with E-state index < -0.39 is 10.0 Å². The van der Waals surface area contributed by atoms with Crippen molar-refractivity contribution in [2.75, 3.05) is 24.0 Å². The number of carbonyl (C=O) groups is 1. The van der Waals surface area contributed by atoms with E-state index in [1.54, 1.807) is 36.4 Å². The number of ether oxygens (including phenoxy) is 1. The van der Waals surface area contributed by atoms with Gasteiger partial charge in [-0.2, -0.15) is 0 Å². The van der Waals surface area contributed by atoms with Crippen molar-refractivity contribution in [3.8, 4) is 5.75 Å². The van der Waals surface area contributed by atoms with Crippen LogP contribution in [0.25, 0.3) is 0 Å². The molecule has 0 bridgehead atoms. The Morgan fingerprint density at radius 2 is 1.51 bits per heavy atom. The third-order valence-corrected chi connectivity index (χ3v) is 7.38. The average molecular weight is 495 g/mol. The molecule has 0 unspecified atom stereocenters. The van der Waals surface area contributed by atoms with Crippen molar-refractivity contribution in [1.29, 1.82) is 0 Å². The summed E-state index contributed by atoms with van der Waals surface area (Å²) in [6.45, 7) is 8.47. The second kappa shape index (κ2) is 11.9. The molecule has 0 fully saturated rings. The van der Waals surface area contributed by atoms with Crippen LogP contribution in [0.15, 0.2) is 71.6 Å². The maximum Gasteiger partial charge on any atom is 0.264 e. The standard InChI is InChI=1S/C28H34N2O4S/c1-5-34-26-12-10-24(11-13-26)7-6-16-29-28(31)20-30(25-18-22(3)17-23(4)19-25)35(32,33)27-14-8-21(2)9-15-27/h8-15,17-19H,5-7,16,20H2,1-4H3,(H,29,31). The van der Waals surface area contributed by atoms with Gasteiger partial charge in [-0.3, -0.25) is 9.10 Å². The highest BCUT2D eigenvalue weighted by Crippen LogP contribution is 2.26. The van der Waals surface area contributed by atoms with Crippen LogP contribution in [0.4, 0.5) is 5.69 Å². The molecule has 0 saturated heterocycles. The first-order valence-corrected chi connectivity index (χ1v) is 13.3. The van der Waals surface area contributed by atoms with Crippen molar-refractivity contribution in [1.82, 2.24) is 5.32 Å². The van der Waals surface area contributed by atoms with E-state index in [2.05, 4.69) is 5.32 Å². The van der Waals surface area contributed by atoms with Gasteiger partial charge in [0.05, 0.1) is 17.2 Å². The van der Waals surface area contributed by atoms with Gasteiger partial charge in [-0.15, -0.1) is 0 Å². The highest BCUT2D eigenvalue weighted by atomic mass is 32.2. The molecule has 0 spiro atoms. The van der Waals surface area contributed by atoms with Gasteiger partial charge in [0.15, 0.2) is 0 Å². The van der Waals surface area contributed by atoms with Crippen LogP contribution in [0.5, 0.6) is 5.75 Å². The van der Waals surface area contributed by atoms with Crippen LogP contribution >= 0.6 is 0 Å². The Kier molecular flexibility index (Phi) is 8.93. The summed E-state index contributed by atoms with van der Waals surface area (Å²) in [5.74, 6) is 0.498. The van der Waals surface area contributed by atoms with E-state index in [9.17, 15) is 13.2 Å². The lowest BCUT2D eigenvalue weighted by Gasteiger charge is -2.25. The number of hydrogen-bond donors (Lipinski definition) is 1. The van der Waals surface area contributed by atoms with Crippen LogP contribution in [0.2, 0.25) is 0 Å². The third kappa shape index (κ3) is 7.33.